The molecule has 0 bridgehead atoms. The van der Waals surface area contributed by atoms with E-state index in [0.717, 1.165) is 43.6 Å². The van der Waals surface area contributed by atoms with Gasteiger partial charge < -0.3 is 0 Å². The lowest BCUT2D eigenvalue weighted by Crippen LogP contribution is -2.26. The average molecular weight is 649 g/mol. The van der Waals surface area contributed by atoms with Gasteiger partial charge in [0, 0.05) is 45.3 Å². The molecule has 0 saturated carbocycles. The summed E-state index contributed by atoms with van der Waals surface area (Å²) in [5.41, 5.74) is 9.82. The summed E-state index contributed by atoms with van der Waals surface area (Å²) in [7, 11) is 0. The van der Waals surface area contributed by atoms with E-state index in [1.54, 1.807) is 17.4 Å². The van der Waals surface area contributed by atoms with Crippen LogP contribution in [-0.2, 0) is 5.41 Å². The van der Waals surface area contributed by atoms with Crippen LogP contribution in [-0.4, -0.2) is 26.5 Å². The van der Waals surface area contributed by atoms with Gasteiger partial charge in [-0.1, -0.05) is 84.9 Å². The highest BCUT2D eigenvalue weighted by Gasteiger charge is 2.53. The highest BCUT2D eigenvalue weighted by Crippen LogP contribution is 2.64. The number of ketones is 2. The molecule has 0 amide bonds. The van der Waals surface area contributed by atoms with Crippen molar-refractivity contribution in [3.8, 4) is 21.6 Å². The molecule has 0 aliphatic heterocycles. The topological polar surface area (TPSA) is 76.1 Å². The van der Waals surface area contributed by atoms with Crippen LogP contribution >= 0.6 is 11.3 Å². The molecule has 0 atom stereocenters. The number of aromatic nitrogens is 3. The second kappa shape index (κ2) is 10.3. The van der Waals surface area contributed by atoms with Crippen LogP contribution in [0, 0.1) is 0 Å². The molecule has 0 fully saturated rings. The van der Waals surface area contributed by atoms with E-state index in [0.29, 0.717) is 0 Å². The van der Waals surface area contributed by atoms with Gasteiger partial charge in [-0.05, 0) is 75.9 Å². The number of fused-ring (bicyclic) bond motifs is 11. The molecule has 3 aromatic heterocycles. The summed E-state index contributed by atoms with van der Waals surface area (Å²) in [5, 5.41) is 0. The van der Waals surface area contributed by atoms with E-state index in [1.807, 2.05) is 42.6 Å². The zero-order valence-corrected chi connectivity index (χ0v) is 26.7. The Balaban J connectivity index is 1.23. The zero-order chi connectivity index (χ0) is 32.7. The summed E-state index contributed by atoms with van der Waals surface area (Å²) in [6.07, 6.45) is 6.59. The van der Waals surface area contributed by atoms with Gasteiger partial charge in [-0.3, -0.25) is 14.5 Å². The van der Waals surface area contributed by atoms with Crippen molar-refractivity contribution in [1.29, 1.82) is 0 Å². The molecule has 0 unspecified atom stereocenters. The van der Waals surface area contributed by atoms with Gasteiger partial charge in [0.15, 0.2) is 0 Å². The Hall–Kier alpha value is -6.31. The molecule has 6 nitrogen and oxygen atoms in total. The molecule has 230 valence electrons. The minimum Gasteiger partial charge on any atom is -0.295 e. The normalized spacial score (nSPS) is 14.3. The Labute approximate surface area is 285 Å². The second-order valence-corrected chi connectivity index (χ2v) is 13.4. The number of benzene rings is 4. The minimum atomic E-state index is -0.627. The molecule has 3 aliphatic rings. The third-order valence-corrected chi connectivity index (χ3v) is 10.9. The monoisotopic (exact) mass is 648 g/mol. The molecule has 0 saturated heterocycles. The first-order valence-corrected chi connectivity index (χ1v) is 16.8. The highest BCUT2D eigenvalue weighted by molar-refractivity contribution is 7.16. The molecule has 4 aromatic carbocycles. The van der Waals surface area contributed by atoms with Gasteiger partial charge in [0.1, 0.15) is 17.2 Å². The van der Waals surface area contributed by atoms with Crippen molar-refractivity contribution in [1.82, 2.24) is 15.0 Å². The largest absolute Gasteiger partial charge is 0.295 e. The van der Waals surface area contributed by atoms with Gasteiger partial charge in [-0.15, -0.1) is 11.3 Å². The fourth-order valence-corrected chi connectivity index (χ4v) is 9.03. The zero-order valence-electron chi connectivity index (χ0n) is 25.9. The number of hydrogen-bond donors (Lipinski definition) is 0. The third-order valence-electron chi connectivity index (χ3n) is 9.81. The number of hydrogen-bond acceptors (Lipinski definition) is 7. The molecule has 49 heavy (non-hydrogen) atoms. The first kappa shape index (κ1) is 27.8. The lowest BCUT2D eigenvalue weighted by molar-refractivity contribution is 0.0988. The van der Waals surface area contributed by atoms with E-state index >= 15 is 0 Å². The second-order valence-electron chi connectivity index (χ2n) is 12.3. The molecular weight excluding hydrogens is 625 g/mol. The van der Waals surface area contributed by atoms with E-state index in [-0.39, 0.29) is 28.5 Å². The summed E-state index contributed by atoms with van der Waals surface area (Å²) in [6, 6.07) is 42.3. The Kier molecular flexibility index (Phi) is 5.86. The molecule has 0 N–H and O–H groups in total. The van der Waals surface area contributed by atoms with Gasteiger partial charge in [0.2, 0.25) is 11.6 Å². The van der Waals surface area contributed by atoms with Crippen LogP contribution in [0.5, 0.6) is 0 Å². The number of carbonyl (C=O) groups excluding carboxylic acids is 2. The first-order chi connectivity index (χ1) is 24.1. The summed E-state index contributed by atoms with van der Waals surface area (Å²) in [6.45, 7) is 0. The van der Waals surface area contributed by atoms with E-state index in [9.17, 15) is 9.59 Å². The van der Waals surface area contributed by atoms with Gasteiger partial charge in [-0.2, -0.15) is 0 Å². The number of para-hydroxylation sites is 2. The molecule has 3 heterocycles. The maximum atomic E-state index is 13.3. The van der Waals surface area contributed by atoms with Gasteiger partial charge in [-0.25, -0.2) is 15.0 Å². The van der Waals surface area contributed by atoms with Crippen LogP contribution in [0.2, 0.25) is 0 Å². The molecule has 7 aromatic rings. The van der Waals surface area contributed by atoms with E-state index in [4.69, 9.17) is 4.98 Å². The van der Waals surface area contributed by atoms with Crippen molar-refractivity contribution in [2.75, 3.05) is 4.90 Å². The Morgan fingerprint density at radius 1 is 0.571 bits per heavy atom. The fourth-order valence-electron chi connectivity index (χ4n) is 7.85. The van der Waals surface area contributed by atoms with Crippen LogP contribution < -0.4 is 4.90 Å². The average Bonchev–Trinajstić information content (AvgIpc) is 3.85. The molecule has 1 spiro atoms. The molecule has 10 rings (SSSR count). The van der Waals surface area contributed by atoms with E-state index in [2.05, 4.69) is 99.8 Å². The van der Waals surface area contributed by atoms with Crippen molar-refractivity contribution in [2.24, 2.45) is 0 Å². The predicted molar refractivity (Wildman–Crippen MR) is 192 cm³/mol. The first-order valence-electron chi connectivity index (χ1n) is 16.0. The van der Waals surface area contributed by atoms with Crippen molar-refractivity contribution in [3.05, 3.63) is 184 Å². The molecule has 7 heteroatoms. The van der Waals surface area contributed by atoms with E-state index in [1.165, 1.54) is 34.6 Å². The predicted octanol–water partition coefficient (Wildman–Crippen LogP) is 9.21. The maximum Gasteiger partial charge on any atom is 0.217 e. The van der Waals surface area contributed by atoms with Crippen molar-refractivity contribution in [2.45, 2.75) is 5.41 Å². The number of rotatable bonds is 4. The number of anilines is 3. The van der Waals surface area contributed by atoms with Crippen molar-refractivity contribution in [3.63, 3.8) is 0 Å². The molecule has 0 radical (unpaired) electrons. The number of pyridine rings is 1. The van der Waals surface area contributed by atoms with Crippen LogP contribution in [0.1, 0.15) is 48.1 Å². The van der Waals surface area contributed by atoms with Gasteiger partial charge >= 0.3 is 0 Å². The SMILES string of the molecule is O=C1C(=Cc2cc3c(s2)-c2cnc(N(c4ccccc4)c4ccccc4)cc2C32c3ccccc3-c3ccccc32)C(=O)c2nccnc21. The van der Waals surface area contributed by atoms with Gasteiger partial charge in [0.25, 0.3) is 0 Å². The van der Waals surface area contributed by atoms with Crippen molar-refractivity contribution < 1.29 is 9.59 Å². The number of allylic oxidation sites excluding steroid dienone is 1. The Bertz CT molecular complexity index is 2430. The maximum absolute atomic E-state index is 13.3. The highest BCUT2D eigenvalue weighted by atomic mass is 32.1. The van der Waals surface area contributed by atoms with Crippen LogP contribution in [0.3, 0.4) is 0 Å². The Morgan fingerprint density at radius 2 is 1.12 bits per heavy atom. The lowest BCUT2D eigenvalue weighted by atomic mass is 9.71. The molecular formula is C42H24N4O2S. The summed E-state index contributed by atoms with van der Waals surface area (Å²) in [5.74, 6) is 0.0397. The molecule has 3 aliphatic carbocycles. The minimum absolute atomic E-state index is 0.0949. The number of thiophene rings is 1. The van der Waals surface area contributed by atoms with E-state index < -0.39 is 5.41 Å². The smallest absolute Gasteiger partial charge is 0.217 e. The van der Waals surface area contributed by atoms with Crippen LogP contribution in [0.15, 0.2) is 145 Å². The standard InChI is InChI=1S/C42H24N4O2S/c47-39-30(40(48)38-37(39)43-19-20-44-38)21-27-22-35-41(49-27)31-24-45-36(46(25-11-3-1-4-12-25)26-13-5-2-6-14-26)23-34(31)42(35)32-17-9-7-15-28(32)29-16-8-10-18-33(29)42/h1-24H. The summed E-state index contributed by atoms with van der Waals surface area (Å²) < 4.78 is 0. The summed E-state index contributed by atoms with van der Waals surface area (Å²) >= 11 is 1.58. The Morgan fingerprint density at radius 3 is 1.71 bits per heavy atom. The van der Waals surface area contributed by atoms with Crippen LogP contribution in [0.4, 0.5) is 17.2 Å². The van der Waals surface area contributed by atoms with Crippen LogP contribution in [0.25, 0.3) is 27.6 Å². The number of carbonyl (C=O) groups is 2. The number of nitrogens with zero attached hydrogens (tertiary/aromatic N) is 4. The summed E-state index contributed by atoms with van der Waals surface area (Å²) in [4.78, 5) is 44.1. The fraction of sp³-hybridized carbons (Fsp3) is 0.0238. The lowest BCUT2D eigenvalue weighted by Gasteiger charge is -2.31. The quantitative estimate of drug-likeness (QED) is 0.140. The van der Waals surface area contributed by atoms with Gasteiger partial charge in [0.05, 0.1) is 11.0 Å². The number of Topliss-reactive ketones (excluding diaryl/α,β-unsaturated/α-hetero) is 2. The third kappa shape index (κ3) is 3.79. The van der Waals surface area contributed by atoms with Crippen molar-refractivity contribution >= 4 is 46.2 Å².